The molecule has 11 nitrogen and oxygen atoms in total. The number of aryl methyl sites for hydroxylation is 1. The lowest BCUT2D eigenvalue weighted by Gasteiger charge is -2.20. The average Bonchev–Trinajstić information content (AvgIpc) is 3.42. The molecule has 5 rings (SSSR count). The molecule has 0 saturated heterocycles. The van der Waals surface area contributed by atoms with Crippen LogP contribution in [0.4, 0.5) is 10.2 Å². The van der Waals surface area contributed by atoms with E-state index in [9.17, 15) is 14.0 Å². The Morgan fingerprint density at radius 3 is 2.76 bits per heavy atom. The van der Waals surface area contributed by atoms with Gasteiger partial charge in [-0.2, -0.15) is 5.10 Å². The summed E-state index contributed by atoms with van der Waals surface area (Å²) in [6.45, 7) is 1.21. The van der Waals surface area contributed by atoms with Gasteiger partial charge < -0.3 is 15.0 Å². The maximum Gasteiger partial charge on any atom is 0.258 e. The van der Waals surface area contributed by atoms with Gasteiger partial charge in [0.15, 0.2) is 11.5 Å². The fourth-order valence-electron chi connectivity index (χ4n) is 4.10. The largest absolute Gasteiger partial charge is 0.495 e. The minimum absolute atomic E-state index is 0.142. The van der Waals surface area contributed by atoms with Gasteiger partial charge in [0.1, 0.15) is 29.0 Å². The van der Waals surface area contributed by atoms with Crippen LogP contribution in [0.3, 0.4) is 0 Å². The van der Waals surface area contributed by atoms with E-state index in [2.05, 4.69) is 35.3 Å². The summed E-state index contributed by atoms with van der Waals surface area (Å²) in [5, 5.41) is 6.87. The van der Waals surface area contributed by atoms with Crippen molar-refractivity contribution in [1.29, 1.82) is 0 Å². The Balaban J connectivity index is 1.59. The van der Waals surface area contributed by atoms with Crippen LogP contribution in [-0.2, 0) is 16.6 Å². The first-order valence-electron chi connectivity index (χ1n) is 10.7. The molecule has 2 N–H and O–H groups in total. The van der Waals surface area contributed by atoms with E-state index in [-0.39, 0.29) is 17.2 Å². The minimum Gasteiger partial charge on any atom is -0.495 e. The summed E-state index contributed by atoms with van der Waals surface area (Å²) >= 11 is 0. The molecule has 174 valence electrons. The summed E-state index contributed by atoms with van der Waals surface area (Å²) < 4.78 is 19.2. The van der Waals surface area contributed by atoms with Crippen molar-refractivity contribution in [3.8, 4) is 17.3 Å². The number of hydrogen-bond donors (Lipinski definition) is 2. The van der Waals surface area contributed by atoms with Crippen molar-refractivity contribution in [3.63, 3.8) is 0 Å². The van der Waals surface area contributed by atoms with Gasteiger partial charge in [0.2, 0.25) is 5.91 Å². The van der Waals surface area contributed by atoms with Gasteiger partial charge in [-0.1, -0.05) is 0 Å². The minimum atomic E-state index is -1.33. The van der Waals surface area contributed by atoms with Gasteiger partial charge >= 0.3 is 0 Å². The second-order valence-electron chi connectivity index (χ2n) is 8.05. The van der Waals surface area contributed by atoms with Gasteiger partial charge in [-0.15, -0.1) is 0 Å². The lowest BCUT2D eigenvalue weighted by Crippen LogP contribution is -2.37. The Labute approximate surface area is 192 Å². The number of ether oxygens (including phenoxy) is 1. The summed E-state index contributed by atoms with van der Waals surface area (Å²) in [6.07, 6.45) is 5.96. The highest BCUT2D eigenvalue weighted by Gasteiger charge is 2.48. The number of nitrogens with one attached hydrogen (secondary N) is 2. The van der Waals surface area contributed by atoms with Crippen molar-refractivity contribution in [2.24, 2.45) is 0 Å². The summed E-state index contributed by atoms with van der Waals surface area (Å²) in [6, 6.07) is 3.32. The Bertz CT molecular complexity index is 1450. The number of H-pyrrole nitrogens is 1. The van der Waals surface area contributed by atoms with Gasteiger partial charge in [-0.05, 0) is 38.3 Å². The lowest BCUT2D eigenvalue weighted by molar-refractivity contribution is -0.119. The number of aromatic amines is 1. The Morgan fingerprint density at radius 2 is 2.03 bits per heavy atom. The van der Waals surface area contributed by atoms with E-state index in [1.165, 1.54) is 24.1 Å². The first kappa shape index (κ1) is 21.6. The normalized spacial score (nSPS) is 17.1. The van der Waals surface area contributed by atoms with Gasteiger partial charge in [-0.3, -0.25) is 19.0 Å². The number of nitrogens with zero attached hydrogens (tertiary/aromatic N) is 6. The number of unbranched alkanes of at least 4 members (excludes halogenated alkanes) is 1. The molecule has 0 aromatic carbocycles. The van der Waals surface area contributed by atoms with Crippen LogP contribution in [0.5, 0.6) is 5.75 Å². The summed E-state index contributed by atoms with van der Waals surface area (Å²) in [5.74, 6) is 0.427. The molecule has 1 unspecified atom stereocenters. The molecule has 12 heteroatoms. The van der Waals surface area contributed by atoms with E-state index in [0.29, 0.717) is 47.7 Å². The zero-order valence-corrected chi connectivity index (χ0v) is 18.5. The van der Waals surface area contributed by atoms with Crippen LogP contribution in [0.2, 0.25) is 0 Å². The standard InChI is InChI=1S/C22H21FN8O3/c1-22(15-7-6-12(34-2)9-24-15)16-18(30-21(22)33)28-17(29-20(16)32)14-10-31-19(25-11-26-31)13(27-14)5-3-4-8-23/h6-7,9-11H,3-5,8H2,1-2H3,(H2,28,29,30,32,33). The molecule has 1 aliphatic rings. The van der Waals surface area contributed by atoms with Gasteiger partial charge in [0, 0.05) is 0 Å². The molecule has 0 saturated carbocycles. The SMILES string of the molecule is COc1ccc(C2(C)C(=O)Nc3nc(-c4cn5ncnc5c(CCCCF)n4)[nH]c(=O)c32)nc1. The molecule has 0 aliphatic carbocycles. The Kier molecular flexibility index (Phi) is 5.27. The number of aromatic nitrogens is 7. The van der Waals surface area contributed by atoms with Crippen LogP contribution in [-0.4, -0.2) is 54.2 Å². The molecule has 1 amide bonds. The van der Waals surface area contributed by atoms with E-state index >= 15 is 0 Å². The maximum absolute atomic E-state index is 13.2. The Hall–Kier alpha value is -4.22. The number of rotatable bonds is 7. The average molecular weight is 464 g/mol. The molecule has 0 fully saturated rings. The van der Waals surface area contributed by atoms with Crippen LogP contribution >= 0.6 is 0 Å². The molecule has 1 aliphatic heterocycles. The van der Waals surface area contributed by atoms with Crippen LogP contribution in [0.25, 0.3) is 17.2 Å². The van der Waals surface area contributed by atoms with E-state index in [4.69, 9.17) is 4.74 Å². The van der Waals surface area contributed by atoms with Crippen LogP contribution in [0.1, 0.15) is 36.7 Å². The molecule has 5 heterocycles. The summed E-state index contributed by atoms with van der Waals surface area (Å²) in [5.41, 5.74) is 0.254. The van der Waals surface area contributed by atoms with Crippen molar-refractivity contribution < 1.29 is 13.9 Å². The number of carbonyl (C=O) groups excluding carboxylic acids is 1. The second-order valence-corrected chi connectivity index (χ2v) is 8.05. The number of fused-ring (bicyclic) bond motifs is 2. The number of hydrogen-bond acceptors (Lipinski definition) is 8. The molecule has 1 atom stereocenters. The molecule has 4 aromatic heterocycles. The van der Waals surface area contributed by atoms with Crippen molar-refractivity contribution >= 4 is 17.4 Å². The van der Waals surface area contributed by atoms with Crippen molar-refractivity contribution in [3.05, 3.63) is 58.2 Å². The quantitative estimate of drug-likeness (QED) is 0.395. The number of pyridine rings is 1. The number of amides is 1. The van der Waals surface area contributed by atoms with E-state index in [1.807, 2.05) is 0 Å². The molecule has 0 radical (unpaired) electrons. The highest BCUT2D eigenvalue weighted by molar-refractivity contribution is 6.07. The first-order chi connectivity index (χ1) is 16.5. The molecule has 0 spiro atoms. The van der Waals surface area contributed by atoms with Crippen molar-refractivity contribution in [2.75, 3.05) is 19.1 Å². The summed E-state index contributed by atoms with van der Waals surface area (Å²) in [4.78, 5) is 46.6. The molecular formula is C22H21FN8O3. The molecular weight excluding hydrogens is 443 g/mol. The topological polar surface area (TPSA) is 140 Å². The number of halogens is 1. The fourth-order valence-corrected chi connectivity index (χ4v) is 4.10. The first-order valence-corrected chi connectivity index (χ1v) is 10.7. The van der Waals surface area contributed by atoms with E-state index in [0.717, 1.165) is 0 Å². The Morgan fingerprint density at radius 1 is 1.18 bits per heavy atom. The van der Waals surface area contributed by atoms with E-state index in [1.54, 1.807) is 25.3 Å². The van der Waals surface area contributed by atoms with Gasteiger partial charge in [-0.25, -0.2) is 19.5 Å². The zero-order valence-electron chi connectivity index (χ0n) is 18.5. The highest BCUT2D eigenvalue weighted by Crippen LogP contribution is 2.39. The molecule has 34 heavy (non-hydrogen) atoms. The molecule has 0 bridgehead atoms. The van der Waals surface area contributed by atoms with Crippen molar-refractivity contribution in [2.45, 2.75) is 31.6 Å². The third kappa shape index (κ3) is 3.38. The summed E-state index contributed by atoms with van der Waals surface area (Å²) in [7, 11) is 1.52. The second kappa shape index (κ2) is 8.28. The van der Waals surface area contributed by atoms with Crippen LogP contribution < -0.4 is 15.6 Å². The third-order valence-corrected chi connectivity index (χ3v) is 5.96. The number of methoxy groups -OCH3 is 1. The fraction of sp³-hybridized carbons (Fsp3) is 0.318. The number of alkyl halides is 1. The highest BCUT2D eigenvalue weighted by atomic mass is 19.1. The van der Waals surface area contributed by atoms with E-state index < -0.39 is 23.6 Å². The lowest BCUT2D eigenvalue weighted by atomic mass is 9.81. The third-order valence-electron chi connectivity index (χ3n) is 5.96. The van der Waals surface area contributed by atoms with Gasteiger partial charge in [0.25, 0.3) is 5.56 Å². The van der Waals surface area contributed by atoms with Crippen LogP contribution in [0, 0.1) is 0 Å². The van der Waals surface area contributed by atoms with Gasteiger partial charge in [0.05, 0.1) is 43.1 Å². The number of anilines is 1. The number of carbonyl (C=O) groups is 1. The van der Waals surface area contributed by atoms with Crippen molar-refractivity contribution in [1.82, 2.24) is 34.5 Å². The smallest absolute Gasteiger partial charge is 0.258 e. The predicted molar refractivity (Wildman–Crippen MR) is 119 cm³/mol. The predicted octanol–water partition coefficient (Wildman–Crippen LogP) is 1.83. The zero-order chi connectivity index (χ0) is 23.9. The monoisotopic (exact) mass is 464 g/mol. The van der Waals surface area contributed by atoms with Crippen LogP contribution in [0.15, 0.2) is 35.6 Å². The maximum atomic E-state index is 13.2. The molecule has 4 aromatic rings.